The molecule has 0 saturated carbocycles. The number of H-pyrrole nitrogens is 1. The number of aryl methyl sites for hydroxylation is 2. The molecule has 0 bridgehead atoms. The molecule has 10 heteroatoms. The lowest BCUT2D eigenvalue weighted by molar-refractivity contribution is 0.274. The highest BCUT2D eigenvalue weighted by molar-refractivity contribution is 8.13. The van der Waals surface area contributed by atoms with Gasteiger partial charge in [-0.25, -0.2) is 17.8 Å². The number of nitrogens with zero attached hydrogens (tertiary/aromatic N) is 2. The second kappa shape index (κ2) is 7.92. The standard InChI is InChI=1S/C18H19ClFN3O4S/c1-3-4-11-10-23(2)16-15(11)21-17(22-18(16)24)13-9-12(28(19,25)26)5-6-14(13)27-8-7-20/h5-6,9-10H,3-4,7-8H2,1-2H3,(H,21,22,24). The maximum atomic E-state index is 12.7. The highest BCUT2D eigenvalue weighted by atomic mass is 35.7. The highest BCUT2D eigenvalue weighted by Crippen LogP contribution is 2.32. The zero-order chi connectivity index (χ0) is 20.5. The van der Waals surface area contributed by atoms with Crippen LogP contribution in [-0.2, 0) is 22.5 Å². The van der Waals surface area contributed by atoms with Crippen LogP contribution in [0.5, 0.6) is 5.75 Å². The number of fused-ring (bicyclic) bond motifs is 1. The predicted octanol–water partition coefficient (Wildman–Crippen LogP) is 3.16. The van der Waals surface area contributed by atoms with Crippen molar-refractivity contribution in [2.24, 2.45) is 7.05 Å². The van der Waals surface area contributed by atoms with Crippen LogP contribution in [0.2, 0.25) is 0 Å². The minimum Gasteiger partial charge on any atom is -0.490 e. The molecule has 0 spiro atoms. The Bertz CT molecular complexity index is 1190. The maximum absolute atomic E-state index is 12.7. The zero-order valence-corrected chi connectivity index (χ0v) is 16.9. The van der Waals surface area contributed by atoms with Crippen molar-refractivity contribution in [3.8, 4) is 17.1 Å². The van der Waals surface area contributed by atoms with Gasteiger partial charge < -0.3 is 14.3 Å². The van der Waals surface area contributed by atoms with Crippen LogP contribution >= 0.6 is 10.7 Å². The van der Waals surface area contributed by atoms with Crippen molar-refractivity contribution in [1.29, 1.82) is 0 Å². The van der Waals surface area contributed by atoms with E-state index in [1.807, 2.05) is 13.1 Å². The van der Waals surface area contributed by atoms with Gasteiger partial charge in [-0.05, 0) is 30.2 Å². The average molecular weight is 428 g/mol. The summed E-state index contributed by atoms with van der Waals surface area (Å²) in [6.45, 7) is 1.07. The van der Waals surface area contributed by atoms with Crippen molar-refractivity contribution < 1.29 is 17.5 Å². The van der Waals surface area contributed by atoms with Crippen molar-refractivity contribution in [2.45, 2.75) is 24.7 Å². The van der Waals surface area contributed by atoms with Crippen molar-refractivity contribution >= 4 is 30.8 Å². The summed E-state index contributed by atoms with van der Waals surface area (Å²) in [6, 6.07) is 3.87. The molecule has 28 heavy (non-hydrogen) atoms. The molecule has 3 aromatic rings. The second-order valence-corrected chi connectivity index (χ2v) is 8.83. The second-order valence-electron chi connectivity index (χ2n) is 6.26. The molecule has 0 saturated heterocycles. The summed E-state index contributed by atoms with van der Waals surface area (Å²) in [5, 5.41) is 0. The number of rotatable bonds is 7. The molecule has 3 rings (SSSR count). The minimum absolute atomic E-state index is 0.122. The van der Waals surface area contributed by atoms with Crippen LogP contribution in [0.25, 0.3) is 22.4 Å². The van der Waals surface area contributed by atoms with E-state index in [9.17, 15) is 17.6 Å². The Balaban J connectivity index is 2.27. The Morgan fingerprint density at radius 2 is 2.11 bits per heavy atom. The SMILES string of the molecule is CCCc1cn(C)c2c(=O)[nH]c(-c3cc(S(=O)(=O)Cl)ccc3OCCF)nc12. The van der Waals surface area contributed by atoms with E-state index >= 15 is 0 Å². The minimum atomic E-state index is -4.02. The van der Waals surface area contributed by atoms with Crippen molar-refractivity contribution in [2.75, 3.05) is 13.3 Å². The number of alkyl halides is 1. The summed E-state index contributed by atoms with van der Waals surface area (Å²) >= 11 is 0. The average Bonchev–Trinajstić information content (AvgIpc) is 2.95. The number of hydrogen-bond acceptors (Lipinski definition) is 5. The van der Waals surface area contributed by atoms with Gasteiger partial charge in [0, 0.05) is 23.9 Å². The zero-order valence-electron chi connectivity index (χ0n) is 15.3. The van der Waals surface area contributed by atoms with Gasteiger partial charge in [0.1, 0.15) is 30.4 Å². The number of nitrogens with one attached hydrogen (secondary N) is 1. The van der Waals surface area contributed by atoms with Crippen molar-refractivity contribution in [3.05, 3.63) is 40.3 Å². The molecule has 0 amide bonds. The van der Waals surface area contributed by atoms with Crippen molar-refractivity contribution in [3.63, 3.8) is 0 Å². The number of aromatic amines is 1. The molecule has 2 aromatic heterocycles. The molecule has 1 N–H and O–H groups in total. The third-order valence-electron chi connectivity index (χ3n) is 4.24. The summed E-state index contributed by atoms with van der Waals surface area (Å²) in [6.07, 6.45) is 3.45. The van der Waals surface area contributed by atoms with E-state index in [1.165, 1.54) is 18.2 Å². The number of ether oxygens (including phenoxy) is 1. The van der Waals surface area contributed by atoms with Gasteiger partial charge in [0.15, 0.2) is 0 Å². The summed E-state index contributed by atoms with van der Waals surface area (Å²) in [4.78, 5) is 19.7. The van der Waals surface area contributed by atoms with E-state index in [4.69, 9.17) is 15.4 Å². The fraction of sp³-hybridized carbons (Fsp3) is 0.333. The van der Waals surface area contributed by atoms with Gasteiger partial charge in [-0.2, -0.15) is 0 Å². The highest BCUT2D eigenvalue weighted by Gasteiger charge is 2.19. The van der Waals surface area contributed by atoms with Crippen LogP contribution in [0.3, 0.4) is 0 Å². The fourth-order valence-electron chi connectivity index (χ4n) is 3.08. The van der Waals surface area contributed by atoms with Crippen molar-refractivity contribution in [1.82, 2.24) is 14.5 Å². The molecule has 7 nitrogen and oxygen atoms in total. The molecule has 0 aliphatic carbocycles. The Hall–Kier alpha value is -2.39. The number of benzene rings is 1. The van der Waals surface area contributed by atoms with Gasteiger partial charge in [0.05, 0.1) is 16.0 Å². The van der Waals surface area contributed by atoms with E-state index in [2.05, 4.69) is 9.97 Å². The Kier molecular flexibility index (Phi) is 5.76. The summed E-state index contributed by atoms with van der Waals surface area (Å²) in [5.74, 6) is 0.314. The summed E-state index contributed by atoms with van der Waals surface area (Å²) < 4.78 is 43.1. The third-order valence-corrected chi connectivity index (χ3v) is 5.59. The summed E-state index contributed by atoms with van der Waals surface area (Å²) in [5.41, 5.74) is 1.68. The van der Waals surface area contributed by atoms with E-state index in [-0.39, 0.29) is 34.2 Å². The first-order valence-corrected chi connectivity index (χ1v) is 10.9. The molecule has 0 fully saturated rings. The molecule has 0 unspecified atom stereocenters. The fourth-order valence-corrected chi connectivity index (χ4v) is 3.85. The van der Waals surface area contributed by atoms with Crippen LogP contribution in [0.4, 0.5) is 4.39 Å². The first kappa shape index (κ1) is 20.3. The Labute approximate surface area is 165 Å². The molecule has 1 aromatic carbocycles. The molecule has 0 radical (unpaired) electrons. The van der Waals surface area contributed by atoms with Gasteiger partial charge in [-0.1, -0.05) is 13.3 Å². The normalized spacial score (nSPS) is 11.9. The summed E-state index contributed by atoms with van der Waals surface area (Å²) in [7, 11) is 3.19. The monoisotopic (exact) mass is 427 g/mol. The lowest BCUT2D eigenvalue weighted by atomic mass is 10.1. The number of hydrogen-bond donors (Lipinski definition) is 1. The molecule has 0 aliphatic rings. The van der Waals surface area contributed by atoms with Gasteiger partial charge >= 0.3 is 0 Å². The van der Waals surface area contributed by atoms with Gasteiger partial charge in [-0.15, -0.1) is 0 Å². The Morgan fingerprint density at radius 3 is 2.75 bits per heavy atom. The predicted molar refractivity (Wildman–Crippen MR) is 105 cm³/mol. The van der Waals surface area contributed by atoms with E-state index in [0.717, 1.165) is 18.4 Å². The largest absolute Gasteiger partial charge is 0.490 e. The molecule has 0 aliphatic heterocycles. The van der Waals surface area contributed by atoms with Crippen LogP contribution < -0.4 is 10.3 Å². The van der Waals surface area contributed by atoms with E-state index < -0.39 is 15.7 Å². The van der Waals surface area contributed by atoms with Crippen LogP contribution in [0, 0.1) is 0 Å². The Morgan fingerprint density at radius 1 is 1.36 bits per heavy atom. The number of aromatic nitrogens is 3. The first-order chi connectivity index (χ1) is 13.3. The van der Waals surface area contributed by atoms with Gasteiger partial charge in [0.2, 0.25) is 0 Å². The van der Waals surface area contributed by atoms with E-state index in [0.29, 0.717) is 11.0 Å². The molecular formula is C18H19ClFN3O4S. The maximum Gasteiger partial charge on any atom is 0.275 e. The van der Waals surface area contributed by atoms with Crippen LogP contribution in [0.1, 0.15) is 18.9 Å². The lowest BCUT2D eigenvalue weighted by Crippen LogP contribution is -2.13. The van der Waals surface area contributed by atoms with Crippen LogP contribution in [0.15, 0.2) is 34.1 Å². The lowest BCUT2D eigenvalue weighted by Gasteiger charge is -2.11. The smallest absolute Gasteiger partial charge is 0.275 e. The quantitative estimate of drug-likeness (QED) is 0.584. The molecule has 2 heterocycles. The molecule has 0 atom stereocenters. The van der Waals surface area contributed by atoms with E-state index in [1.54, 1.807) is 11.6 Å². The first-order valence-electron chi connectivity index (χ1n) is 8.62. The van der Waals surface area contributed by atoms with Crippen LogP contribution in [-0.4, -0.2) is 36.2 Å². The number of halogens is 2. The third kappa shape index (κ3) is 3.90. The van der Waals surface area contributed by atoms with Gasteiger partial charge in [0.25, 0.3) is 14.6 Å². The molecular weight excluding hydrogens is 409 g/mol. The molecule has 150 valence electrons. The topological polar surface area (TPSA) is 94.1 Å². The van der Waals surface area contributed by atoms with Gasteiger partial charge in [-0.3, -0.25) is 4.79 Å².